The predicted octanol–water partition coefficient (Wildman–Crippen LogP) is 5.46. The number of carbonyl (C=O) groups is 2. The van der Waals surface area contributed by atoms with Crippen molar-refractivity contribution < 1.29 is 14.3 Å². The summed E-state index contributed by atoms with van der Waals surface area (Å²) in [7, 11) is 0. The summed E-state index contributed by atoms with van der Waals surface area (Å²) in [6, 6.07) is 13.0. The number of esters is 1. The van der Waals surface area contributed by atoms with Crippen molar-refractivity contribution in [1.82, 2.24) is 4.98 Å². The molecule has 1 aromatic heterocycles. The number of anilines is 1. The van der Waals surface area contributed by atoms with Crippen LogP contribution >= 0.6 is 11.8 Å². The van der Waals surface area contributed by atoms with E-state index in [-0.39, 0.29) is 17.6 Å². The lowest BCUT2D eigenvalue weighted by Crippen LogP contribution is -2.14. The van der Waals surface area contributed by atoms with E-state index in [0.29, 0.717) is 17.9 Å². The molecular formula is C24H26N2O3S. The van der Waals surface area contributed by atoms with E-state index >= 15 is 0 Å². The van der Waals surface area contributed by atoms with E-state index in [1.807, 2.05) is 13.0 Å². The third kappa shape index (κ3) is 5.39. The van der Waals surface area contributed by atoms with Crippen molar-refractivity contribution in [2.24, 2.45) is 0 Å². The molecule has 1 amide bonds. The number of rotatable bonds is 7. The van der Waals surface area contributed by atoms with Crippen LogP contribution in [-0.2, 0) is 9.53 Å². The van der Waals surface area contributed by atoms with E-state index < -0.39 is 0 Å². The Morgan fingerprint density at radius 2 is 1.77 bits per heavy atom. The highest BCUT2D eigenvalue weighted by molar-refractivity contribution is 7.99. The fourth-order valence-corrected chi connectivity index (χ4v) is 3.96. The number of pyridine rings is 1. The van der Waals surface area contributed by atoms with Gasteiger partial charge in [-0.1, -0.05) is 30.3 Å². The molecule has 0 bridgehead atoms. The topological polar surface area (TPSA) is 68.3 Å². The summed E-state index contributed by atoms with van der Waals surface area (Å²) in [6.45, 7) is 8.56. The quantitative estimate of drug-likeness (QED) is 0.405. The number of ether oxygens (including phenoxy) is 1. The van der Waals surface area contributed by atoms with Crippen molar-refractivity contribution in [3.63, 3.8) is 0 Å². The molecule has 0 fully saturated rings. The monoisotopic (exact) mass is 422 g/mol. The van der Waals surface area contributed by atoms with Crippen LogP contribution in [0.25, 0.3) is 10.9 Å². The molecule has 0 spiro atoms. The molecule has 3 aromatic rings. The van der Waals surface area contributed by atoms with Gasteiger partial charge in [0, 0.05) is 11.1 Å². The van der Waals surface area contributed by atoms with Gasteiger partial charge in [-0.2, -0.15) is 0 Å². The van der Waals surface area contributed by atoms with Crippen molar-refractivity contribution in [3.8, 4) is 0 Å². The standard InChI is InChI=1S/C24H26N2O3S/c1-5-10-29-24(28)18-6-8-19(9-7-18)25-21(27)14-30-22-13-16(3)20-12-15(2)11-17(4)23(20)26-22/h6-9,11-13H,5,10,14H2,1-4H3,(H,25,27). The van der Waals surface area contributed by atoms with Crippen LogP contribution in [0, 0.1) is 20.8 Å². The summed E-state index contributed by atoms with van der Waals surface area (Å²) < 4.78 is 5.10. The van der Waals surface area contributed by atoms with Gasteiger partial charge >= 0.3 is 5.97 Å². The summed E-state index contributed by atoms with van der Waals surface area (Å²) in [5.41, 5.74) is 5.60. The average molecular weight is 423 g/mol. The number of hydrogen-bond acceptors (Lipinski definition) is 5. The molecule has 0 aliphatic heterocycles. The second-order valence-electron chi connectivity index (χ2n) is 7.31. The number of thioether (sulfide) groups is 1. The van der Waals surface area contributed by atoms with Crippen molar-refractivity contribution in [3.05, 3.63) is 64.7 Å². The first-order valence-corrected chi connectivity index (χ1v) is 10.9. The number of aromatic nitrogens is 1. The van der Waals surface area contributed by atoms with Crippen molar-refractivity contribution in [1.29, 1.82) is 0 Å². The van der Waals surface area contributed by atoms with Crippen LogP contribution in [0.1, 0.15) is 40.4 Å². The van der Waals surface area contributed by atoms with Gasteiger partial charge in [-0.25, -0.2) is 9.78 Å². The number of nitrogens with one attached hydrogen (secondary N) is 1. The van der Waals surface area contributed by atoms with Crippen LogP contribution in [-0.4, -0.2) is 29.2 Å². The van der Waals surface area contributed by atoms with Crippen LogP contribution in [0.5, 0.6) is 0 Å². The first kappa shape index (κ1) is 21.8. The lowest BCUT2D eigenvalue weighted by atomic mass is 10.0. The van der Waals surface area contributed by atoms with E-state index in [0.717, 1.165) is 33.5 Å². The van der Waals surface area contributed by atoms with Gasteiger partial charge in [0.05, 0.1) is 28.5 Å². The number of carbonyl (C=O) groups excluding carboxylic acids is 2. The van der Waals surface area contributed by atoms with E-state index in [2.05, 4.69) is 38.2 Å². The van der Waals surface area contributed by atoms with Gasteiger partial charge in [0.25, 0.3) is 0 Å². The van der Waals surface area contributed by atoms with Gasteiger partial charge in [0.1, 0.15) is 0 Å². The Kier molecular flexibility index (Phi) is 7.11. The maximum absolute atomic E-state index is 12.4. The molecule has 156 valence electrons. The number of nitrogens with zero attached hydrogens (tertiary/aromatic N) is 1. The second kappa shape index (κ2) is 9.76. The Labute approximate surface area is 181 Å². The Balaban J connectivity index is 1.61. The highest BCUT2D eigenvalue weighted by Crippen LogP contribution is 2.27. The minimum atomic E-state index is -0.353. The van der Waals surface area contributed by atoms with E-state index in [9.17, 15) is 9.59 Å². The fraction of sp³-hybridized carbons (Fsp3) is 0.292. The predicted molar refractivity (Wildman–Crippen MR) is 122 cm³/mol. The van der Waals surface area contributed by atoms with Gasteiger partial charge < -0.3 is 10.1 Å². The van der Waals surface area contributed by atoms with Crippen molar-refractivity contribution in [2.45, 2.75) is 39.1 Å². The minimum absolute atomic E-state index is 0.124. The van der Waals surface area contributed by atoms with Crippen LogP contribution in [0.15, 0.2) is 47.5 Å². The Bertz CT molecular complexity index is 1080. The molecule has 0 saturated carbocycles. The molecule has 2 aromatic carbocycles. The summed E-state index contributed by atoms with van der Waals surface area (Å²) in [5.74, 6) is -0.224. The molecule has 3 rings (SSSR count). The van der Waals surface area contributed by atoms with E-state index in [4.69, 9.17) is 9.72 Å². The zero-order chi connectivity index (χ0) is 21.7. The van der Waals surface area contributed by atoms with Gasteiger partial charge in [-0.3, -0.25) is 4.79 Å². The third-order valence-corrected chi connectivity index (χ3v) is 5.54. The SMILES string of the molecule is CCCOC(=O)c1ccc(NC(=O)CSc2cc(C)c3cc(C)cc(C)c3n2)cc1. The normalized spacial score (nSPS) is 10.8. The van der Waals surface area contributed by atoms with E-state index in [1.165, 1.54) is 17.3 Å². The largest absolute Gasteiger partial charge is 0.462 e. The Hall–Kier alpha value is -2.86. The molecule has 30 heavy (non-hydrogen) atoms. The molecular weight excluding hydrogens is 396 g/mol. The zero-order valence-corrected chi connectivity index (χ0v) is 18.6. The van der Waals surface area contributed by atoms with Gasteiger partial charge in [0.2, 0.25) is 5.91 Å². The first-order valence-electron chi connectivity index (χ1n) is 9.96. The smallest absolute Gasteiger partial charge is 0.338 e. The molecule has 0 aliphatic carbocycles. The zero-order valence-electron chi connectivity index (χ0n) is 17.7. The van der Waals surface area contributed by atoms with Crippen LogP contribution in [0.2, 0.25) is 0 Å². The number of benzene rings is 2. The lowest BCUT2D eigenvalue weighted by molar-refractivity contribution is -0.113. The summed E-state index contributed by atoms with van der Waals surface area (Å²) in [6.07, 6.45) is 0.780. The molecule has 1 N–H and O–H groups in total. The third-order valence-electron chi connectivity index (χ3n) is 4.62. The number of hydrogen-bond donors (Lipinski definition) is 1. The van der Waals surface area contributed by atoms with E-state index in [1.54, 1.807) is 24.3 Å². The molecule has 5 nitrogen and oxygen atoms in total. The molecule has 1 heterocycles. The van der Waals surface area contributed by atoms with Crippen molar-refractivity contribution in [2.75, 3.05) is 17.7 Å². The summed E-state index contributed by atoms with van der Waals surface area (Å²) in [4.78, 5) is 28.9. The van der Waals surface area contributed by atoms with Crippen LogP contribution in [0.4, 0.5) is 5.69 Å². The number of aryl methyl sites for hydroxylation is 3. The molecule has 0 saturated heterocycles. The summed E-state index contributed by atoms with van der Waals surface area (Å²) >= 11 is 1.41. The van der Waals surface area contributed by atoms with Gasteiger partial charge in [-0.15, -0.1) is 0 Å². The van der Waals surface area contributed by atoms with Crippen molar-refractivity contribution >= 4 is 40.2 Å². The van der Waals surface area contributed by atoms with Gasteiger partial charge in [0.15, 0.2) is 0 Å². The van der Waals surface area contributed by atoms with Crippen LogP contribution in [0.3, 0.4) is 0 Å². The minimum Gasteiger partial charge on any atom is -0.462 e. The maximum atomic E-state index is 12.4. The fourth-order valence-electron chi connectivity index (χ4n) is 3.19. The second-order valence-corrected chi connectivity index (χ2v) is 8.30. The first-order chi connectivity index (χ1) is 14.4. The summed E-state index contributed by atoms with van der Waals surface area (Å²) in [5, 5.41) is 4.83. The lowest BCUT2D eigenvalue weighted by Gasteiger charge is -2.10. The molecule has 0 radical (unpaired) electrons. The van der Waals surface area contributed by atoms with Gasteiger partial charge in [-0.05, 0) is 74.7 Å². The Morgan fingerprint density at radius 3 is 2.47 bits per heavy atom. The highest BCUT2D eigenvalue weighted by atomic mass is 32.2. The number of amides is 1. The molecule has 0 aliphatic rings. The number of fused-ring (bicyclic) bond motifs is 1. The molecule has 6 heteroatoms. The Morgan fingerprint density at radius 1 is 1.03 bits per heavy atom. The molecule has 0 atom stereocenters. The molecule has 0 unspecified atom stereocenters. The highest BCUT2D eigenvalue weighted by Gasteiger charge is 2.10. The average Bonchev–Trinajstić information content (AvgIpc) is 2.72. The maximum Gasteiger partial charge on any atom is 0.338 e. The van der Waals surface area contributed by atoms with Crippen LogP contribution < -0.4 is 5.32 Å².